The van der Waals surface area contributed by atoms with Crippen LogP contribution in [0.15, 0.2) is 24.3 Å². The Morgan fingerprint density at radius 3 is 2.56 bits per heavy atom. The molecule has 1 aromatic heterocycles. The number of aryl methyl sites for hydroxylation is 1. The van der Waals surface area contributed by atoms with Crippen molar-refractivity contribution in [2.75, 3.05) is 26.1 Å². The first-order valence-corrected chi connectivity index (χ1v) is 8.06. The predicted molar refractivity (Wildman–Crippen MR) is 96.8 cm³/mol. The average molecular weight is 344 g/mol. The van der Waals surface area contributed by atoms with Gasteiger partial charge in [-0.2, -0.15) is 0 Å². The highest BCUT2D eigenvalue weighted by atomic mass is 16.5. The predicted octanol–water partition coefficient (Wildman–Crippen LogP) is 2.93. The zero-order valence-corrected chi connectivity index (χ0v) is 15.2. The lowest BCUT2D eigenvalue weighted by Gasteiger charge is -2.13. The van der Waals surface area contributed by atoms with Crippen molar-refractivity contribution in [2.24, 2.45) is 5.92 Å². The summed E-state index contributed by atoms with van der Waals surface area (Å²) in [7, 11) is 3.17. The largest absolute Gasteiger partial charge is 0.497 e. The molecule has 0 radical (unpaired) electrons. The molecule has 0 aliphatic heterocycles. The van der Waals surface area contributed by atoms with Crippen LogP contribution < -0.4 is 20.1 Å². The van der Waals surface area contributed by atoms with Crippen molar-refractivity contribution in [3.05, 3.63) is 35.7 Å². The molecule has 2 N–H and O–H groups in total. The van der Waals surface area contributed by atoms with Gasteiger partial charge in [-0.3, -0.25) is 4.79 Å². The number of methoxy groups -OCH3 is 2. The van der Waals surface area contributed by atoms with E-state index in [0.29, 0.717) is 47.0 Å². The molecule has 2 aromatic rings. The van der Waals surface area contributed by atoms with Gasteiger partial charge in [0, 0.05) is 18.3 Å². The SMILES string of the molecule is COc1ccc(OC)c(Nc2nc(C)cc(C(=O)NCC(C)C)n2)c1. The van der Waals surface area contributed by atoms with Crippen molar-refractivity contribution in [1.29, 1.82) is 0 Å². The molecule has 0 saturated carbocycles. The van der Waals surface area contributed by atoms with Crippen LogP contribution in [0.5, 0.6) is 11.5 Å². The van der Waals surface area contributed by atoms with Gasteiger partial charge in [0.1, 0.15) is 17.2 Å². The number of carbonyl (C=O) groups is 1. The van der Waals surface area contributed by atoms with Gasteiger partial charge in [-0.05, 0) is 31.0 Å². The Morgan fingerprint density at radius 2 is 1.92 bits per heavy atom. The van der Waals surface area contributed by atoms with Gasteiger partial charge in [0.05, 0.1) is 19.9 Å². The Balaban J connectivity index is 2.27. The maximum Gasteiger partial charge on any atom is 0.270 e. The van der Waals surface area contributed by atoms with Crippen LogP contribution in [0.1, 0.15) is 30.0 Å². The third kappa shape index (κ3) is 5.07. The Hall–Kier alpha value is -2.83. The number of nitrogens with one attached hydrogen (secondary N) is 2. The maximum absolute atomic E-state index is 12.3. The number of hydrogen-bond donors (Lipinski definition) is 2. The number of carbonyl (C=O) groups excluding carboxylic acids is 1. The highest BCUT2D eigenvalue weighted by Crippen LogP contribution is 2.30. The molecule has 134 valence electrons. The van der Waals surface area contributed by atoms with E-state index in [2.05, 4.69) is 20.6 Å². The molecular weight excluding hydrogens is 320 g/mol. The first kappa shape index (κ1) is 18.5. The van der Waals surface area contributed by atoms with Crippen LogP contribution in [0.2, 0.25) is 0 Å². The first-order chi connectivity index (χ1) is 11.9. The highest BCUT2D eigenvalue weighted by molar-refractivity contribution is 5.92. The number of amides is 1. The fourth-order valence-corrected chi connectivity index (χ4v) is 2.16. The number of hydrogen-bond acceptors (Lipinski definition) is 6. The van der Waals surface area contributed by atoms with Crippen molar-refractivity contribution < 1.29 is 14.3 Å². The summed E-state index contributed by atoms with van der Waals surface area (Å²) in [6.45, 7) is 6.48. The molecule has 1 heterocycles. The Bertz CT molecular complexity index is 747. The van der Waals surface area contributed by atoms with E-state index in [1.165, 1.54) is 0 Å². The van der Waals surface area contributed by atoms with Crippen LogP contribution in [-0.2, 0) is 0 Å². The molecule has 7 nitrogen and oxygen atoms in total. The summed E-state index contributed by atoms with van der Waals surface area (Å²) < 4.78 is 10.6. The standard InChI is InChI=1S/C18H24N4O3/c1-11(2)10-19-17(23)15-8-12(3)20-18(22-15)21-14-9-13(24-4)6-7-16(14)25-5/h6-9,11H,10H2,1-5H3,(H,19,23)(H,20,21,22). The van der Waals surface area contributed by atoms with Crippen LogP contribution in [0, 0.1) is 12.8 Å². The van der Waals surface area contributed by atoms with E-state index < -0.39 is 0 Å². The second kappa shape index (κ2) is 8.32. The molecule has 0 saturated heterocycles. The van der Waals surface area contributed by atoms with E-state index in [-0.39, 0.29) is 5.91 Å². The third-order valence-electron chi connectivity index (χ3n) is 3.41. The van der Waals surface area contributed by atoms with E-state index in [1.807, 2.05) is 20.8 Å². The Morgan fingerprint density at radius 1 is 1.16 bits per heavy atom. The monoisotopic (exact) mass is 344 g/mol. The summed E-state index contributed by atoms with van der Waals surface area (Å²) in [6, 6.07) is 7.02. The lowest BCUT2D eigenvalue weighted by molar-refractivity contribution is 0.0944. The zero-order chi connectivity index (χ0) is 18.4. The van der Waals surface area contributed by atoms with Gasteiger partial charge < -0.3 is 20.1 Å². The van der Waals surface area contributed by atoms with Gasteiger partial charge in [-0.25, -0.2) is 9.97 Å². The van der Waals surface area contributed by atoms with Crippen molar-refractivity contribution in [3.63, 3.8) is 0 Å². The van der Waals surface area contributed by atoms with Crippen LogP contribution in [0.4, 0.5) is 11.6 Å². The van der Waals surface area contributed by atoms with Crippen molar-refractivity contribution in [1.82, 2.24) is 15.3 Å². The molecule has 0 aliphatic rings. The molecule has 0 spiro atoms. The number of nitrogens with zero attached hydrogens (tertiary/aromatic N) is 2. The number of rotatable bonds is 7. The van der Waals surface area contributed by atoms with E-state index in [1.54, 1.807) is 38.5 Å². The lowest BCUT2D eigenvalue weighted by Crippen LogP contribution is -2.28. The van der Waals surface area contributed by atoms with Crippen LogP contribution in [0.25, 0.3) is 0 Å². The minimum absolute atomic E-state index is 0.222. The van der Waals surface area contributed by atoms with Gasteiger partial charge in [-0.1, -0.05) is 13.8 Å². The van der Waals surface area contributed by atoms with E-state index in [0.717, 1.165) is 0 Å². The van der Waals surface area contributed by atoms with Crippen LogP contribution in [-0.4, -0.2) is 36.6 Å². The molecule has 1 aromatic carbocycles. The summed E-state index contributed by atoms with van der Waals surface area (Å²) in [4.78, 5) is 20.9. The molecular formula is C18H24N4O3. The first-order valence-electron chi connectivity index (χ1n) is 8.06. The van der Waals surface area contributed by atoms with Crippen molar-refractivity contribution in [3.8, 4) is 11.5 Å². The number of benzene rings is 1. The van der Waals surface area contributed by atoms with Gasteiger partial charge in [0.15, 0.2) is 0 Å². The van der Waals surface area contributed by atoms with Gasteiger partial charge in [0.2, 0.25) is 5.95 Å². The Kier molecular flexibility index (Phi) is 6.16. The van der Waals surface area contributed by atoms with Crippen LogP contribution in [0.3, 0.4) is 0 Å². The highest BCUT2D eigenvalue weighted by Gasteiger charge is 2.13. The maximum atomic E-state index is 12.3. The topological polar surface area (TPSA) is 85.4 Å². The summed E-state index contributed by atoms with van der Waals surface area (Å²) in [5, 5.41) is 5.95. The molecule has 0 aliphatic carbocycles. The molecule has 7 heteroatoms. The number of ether oxygens (including phenoxy) is 2. The fourth-order valence-electron chi connectivity index (χ4n) is 2.16. The van der Waals surface area contributed by atoms with Crippen LogP contribution >= 0.6 is 0 Å². The van der Waals surface area contributed by atoms with E-state index in [4.69, 9.17) is 9.47 Å². The Labute approximate surface area is 147 Å². The molecule has 0 fully saturated rings. The lowest BCUT2D eigenvalue weighted by atomic mass is 10.2. The molecule has 1 amide bonds. The molecule has 0 atom stereocenters. The fraction of sp³-hybridized carbons (Fsp3) is 0.389. The average Bonchev–Trinajstić information content (AvgIpc) is 2.59. The number of aromatic nitrogens is 2. The normalized spacial score (nSPS) is 10.5. The van der Waals surface area contributed by atoms with E-state index >= 15 is 0 Å². The van der Waals surface area contributed by atoms with Gasteiger partial charge >= 0.3 is 0 Å². The zero-order valence-electron chi connectivity index (χ0n) is 15.2. The molecule has 0 unspecified atom stereocenters. The van der Waals surface area contributed by atoms with Crippen molar-refractivity contribution in [2.45, 2.75) is 20.8 Å². The minimum Gasteiger partial charge on any atom is -0.497 e. The number of anilines is 2. The second-order valence-electron chi connectivity index (χ2n) is 6.01. The summed E-state index contributed by atoms with van der Waals surface area (Å²) in [5.74, 6) is 1.76. The third-order valence-corrected chi connectivity index (χ3v) is 3.41. The molecule has 2 rings (SSSR count). The van der Waals surface area contributed by atoms with Crippen molar-refractivity contribution >= 4 is 17.5 Å². The summed E-state index contributed by atoms with van der Waals surface area (Å²) in [6.07, 6.45) is 0. The van der Waals surface area contributed by atoms with Gasteiger partial charge in [-0.15, -0.1) is 0 Å². The molecule has 0 bridgehead atoms. The minimum atomic E-state index is -0.222. The van der Waals surface area contributed by atoms with Gasteiger partial charge in [0.25, 0.3) is 5.91 Å². The summed E-state index contributed by atoms with van der Waals surface area (Å²) >= 11 is 0. The second-order valence-corrected chi connectivity index (χ2v) is 6.01. The summed E-state index contributed by atoms with van der Waals surface area (Å²) in [5.41, 5.74) is 1.66. The molecule has 25 heavy (non-hydrogen) atoms. The smallest absolute Gasteiger partial charge is 0.270 e. The quantitative estimate of drug-likeness (QED) is 0.803. The van der Waals surface area contributed by atoms with E-state index in [9.17, 15) is 4.79 Å².